The molecule has 1 amide bonds. The Hall–Kier alpha value is -2.40. The fourth-order valence-corrected chi connectivity index (χ4v) is 4.10. The molecule has 1 saturated heterocycles. The zero-order valence-corrected chi connectivity index (χ0v) is 14.0. The van der Waals surface area contributed by atoms with Crippen molar-refractivity contribution in [2.24, 2.45) is 0 Å². The summed E-state index contributed by atoms with van der Waals surface area (Å²) in [7, 11) is -4.19. The number of anilines is 2. The van der Waals surface area contributed by atoms with Crippen LogP contribution in [0.5, 0.6) is 5.75 Å². The van der Waals surface area contributed by atoms with Gasteiger partial charge in [-0.3, -0.25) is 4.79 Å². The molecule has 128 valence electrons. The Labute approximate surface area is 141 Å². The number of hydrogen-bond acceptors (Lipinski definition) is 7. The summed E-state index contributed by atoms with van der Waals surface area (Å²) in [6.45, 7) is 1.48. The summed E-state index contributed by atoms with van der Waals surface area (Å²) in [6.07, 6.45) is 0. The van der Waals surface area contributed by atoms with E-state index in [0.29, 0.717) is 9.87 Å². The first kappa shape index (κ1) is 16.5. The summed E-state index contributed by atoms with van der Waals surface area (Å²) in [4.78, 5) is 11.2. The molecule has 1 aromatic carbocycles. The average molecular weight is 372 g/mol. The van der Waals surface area contributed by atoms with Crippen LogP contribution in [-0.4, -0.2) is 30.3 Å². The lowest BCUT2D eigenvalue weighted by molar-refractivity contribution is -0.117. The minimum absolute atomic E-state index is 0.219. The molecule has 8 nitrogen and oxygen atoms in total. The number of carbonyl (C=O) groups is 1. The third-order valence-electron chi connectivity index (χ3n) is 3.27. The van der Waals surface area contributed by atoms with Crippen LogP contribution in [0.25, 0.3) is 0 Å². The van der Waals surface area contributed by atoms with Crippen molar-refractivity contribution in [2.75, 3.05) is 16.2 Å². The van der Waals surface area contributed by atoms with E-state index < -0.39 is 39.9 Å². The van der Waals surface area contributed by atoms with Gasteiger partial charge in [0.25, 0.3) is 5.91 Å². The summed E-state index contributed by atoms with van der Waals surface area (Å²) in [5.74, 6) is -2.29. The van der Waals surface area contributed by atoms with Gasteiger partial charge in [-0.25, -0.2) is 13.4 Å². The van der Waals surface area contributed by atoms with Crippen molar-refractivity contribution < 1.29 is 22.7 Å². The Balaban J connectivity index is 1.85. The number of phenolic OH excluding ortho intramolecular Hbond substituents is 1. The fourth-order valence-electron chi connectivity index (χ4n) is 2.27. The van der Waals surface area contributed by atoms with Crippen LogP contribution in [0.15, 0.2) is 18.2 Å². The number of nitrogens with zero attached hydrogens (tertiary/aromatic N) is 2. The van der Waals surface area contributed by atoms with Gasteiger partial charge in [-0.05, 0) is 42.2 Å². The zero-order valence-electron chi connectivity index (χ0n) is 12.4. The second kappa shape index (κ2) is 5.91. The number of aromatic hydroxyl groups is 1. The average Bonchev–Trinajstić information content (AvgIpc) is 2.99. The third-order valence-corrected chi connectivity index (χ3v) is 5.48. The van der Waals surface area contributed by atoms with Crippen molar-refractivity contribution in [2.45, 2.75) is 13.5 Å². The van der Waals surface area contributed by atoms with Crippen molar-refractivity contribution in [1.82, 2.24) is 9.10 Å². The van der Waals surface area contributed by atoms with Crippen molar-refractivity contribution in [3.8, 4) is 5.75 Å². The van der Waals surface area contributed by atoms with Crippen LogP contribution in [-0.2, 0) is 21.5 Å². The molecule has 1 fully saturated rings. The molecular formula is C13H13FN4O4S2. The lowest BCUT2D eigenvalue weighted by atomic mass is 10.1. The van der Waals surface area contributed by atoms with Gasteiger partial charge in [0, 0.05) is 6.54 Å². The first-order valence-corrected chi connectivity index (χ1v) is 8.99. The molecule has 0 bridgehead atoms. The molecule has 2 aromatic rings. The number of nitrogens with one attached hydrogen (secondary N) is 2. The van der Waals surface area contributed by atoms with E-state index in [1.165, 1.54) is 17.6 Å². The van der Waals surface area contributed by atoms with Gasteiger partial charge >= 0.3 is 10.2 Å². The first-order chi connectivity index (χ1) is 11.3. The highest BCUT2D eigenvalue weighted by molar-refractivity contribution is 7.92. The quantitative estimate of drug-likeness (QED) is 0.741. The molecule has 1 aliphatic heterocycles. The first-order valence-electron chi connectivity index (χ1n) is 6.78. The van der Waals surface area contributed by atoms with Gasteiger partial charge < -0.3 is 10.4 Å². The molecule has 0 atom stereocenters. The summed E-state index contributed by atoms with van der Waals surface area (Å²) in [5.41, 5.74) is 0.713. The number of carbonyl (C=O) groups excluding carboxylic acids is 1. The molecule has 24 heavy (non-hydrogen) atoms. The van der Waals surface area contributed by atoms with E-state index in [4.69, 9.17) is 0 Å². The highest BCUT2D eigenvalue weighted by atomic mass is 32.2. The Morgan fingerprint density at radius 2 is 2.21 bits per heavy atom. The summed E-state index contributed by atoms with van der Waals surface area (Å²) in [5, 5.41) is 13.8. The van der Waals surface area contributed by atoms with Gasteiger partial charge in [0.2, 0.25) is 0 Å². The van der Waals surface area contributed by atoms with Gasteiger partial charge in [0.1, 0.15) is 23.0 Å². The van der Waals surface area contributed by atoms with Crippen LogP contribution >= 0.6 is 11.5 Å². The monoisotopic (exact) mass is 372 g/mol. The minimum Gasteiger partial charge on any atom is -0.506 e. The number of amides is 1. The van der Waals surface area contributed by atoms with Crippen LogP contribution in [0.2, 0.25) is 0 Å². The van der Waals surface area contributed by atoms with Gasteiger partial charge in [0.15, 0.2) is 5.82 Å². The summed E-state index contributed by atoms with van der Waals surface area (Å²) in [6, 6.07) is 4.18. The molecular weight excluding hydrogens is 359 g/mol. The van der Waals surface area contributed by atoms with Crippen LogP contribution in [0.4, 0.5) is 15.1 Å². The second-order valence-electron chi connectivity index (χ2n) is 5.17. The maximum absolute atomic E-state index is 14.3. The van der Waals surface area contributed by atoms with E-state index in [0.717, 1.165) is 16.8 Å². The summed E-state index contributed by atoms with van der Waals surface area (Å²) >= 11 is 1.25. The van der Waals surface area contributed by atoms with Crippen LogP contribution in [0, 0.1) is 12.7 Å². The highest BCUT2D eigenvalue weighted by Gasteiger charge is 2.37. The number of rotatable bonds is 4. The van der Waals surface area contributed by atoms with Gasteiger partial charge in [-0.2, -0.15) is 12.8 Å². The molecule has 3 N–H and O–H groups in total. The van der Waals surface area contributed by atoms with E-state index in [9.17, 15) is 22.7 Å². The molecule has 3 rings (SSSR count). The standard InChI is InChI=1S/C13H13FN4O4S2/c1-7-2-12(23-16-7)15-5-8-3-9(14)13(10(19)4-8)18-6-11(20)17-24(18,21)22/h2-4,15,19H,5-6H2,1H3,(H,17,20). The smallest absolute Gasteiger partial charge is 0.326 e. The molecule has 2 heterocycles. The molecule has 0 saturated carbocycles. The minimum atomic E-state index is -4.19. The van der Waals surface area contributed by atoms with E-state index >= 15 is 0 Å². The molecule has 0 spiro atoms. The van der Waals surface area contributed by atoms with E-state index in [2.05, 4.69) is 9.69 Å². The molecule has 11 heteroatoms. The molecule has 1 aliphatic rings. The van der Waals surface area contributed by atoms with Gasteiger partial charge in [-0.1, -0.05) is 0 Å². The Bertz CT molecular complexity index is 889. The van der Waals surface area contributed by atoms with Crippen LogP contribution in [0.3, 0.4) is 0 Å². The predicted molar refractivity (Wildman–Crippen MR) is 86.7 cm³/mol. The van der Waals surface area contributed by atoms with Crippen LogP contribution in [0.1, 0.15) is 11.3 Å². The maximum atomic E-state index is 14.3. The van der Waals surface area contributed by atoms with Crippen molar-refractivity contribution >= 4 is 38.3 Å². The molecule has 0 aliphatic carbocycles. The zero-order chi connectivity index (χ0) is 17.5. The van der Waals surface area contributed by atoms with E-state index in [1.54, 1.807) is 4.72 Å². The van der Waals surface area contributed by atoms with Crippen molar-refractivity contribution in [3.63, 3.8) is 0 Å². The summed E-state index contributed by atoms with van der Waals surface area (Å²) < 4.78 is 44.2. The molecule has 0 unspecified atom stereocenters. The number of aryl methyl sites for hydroxylation is 1. The lowest BCUT2D eigenvalue weighted by Gasteiger charge is -2.17. The Kier molecular flexibility index (Phi) is 4.05. The van der Waals surface area contributed by atoms with E-state index in [1.807, 2.05) is 13.0 Å². The third kappa shape index (κ3) is 3.12. The topological polar surface area (TPSA) is 112 Å². The maximum Gasteiger partial charge on any atom is 0.326 e. The lowest BCUT2D eigenvalue weighted by Crippen LogP contribution is -2.30. The van der Waals surface area contributed by atoms with Crippen LogP contribution < -0.4 is 14.3 Å². The van der Waals surface area contributed by atoms with Gasteiger partial charge in [-0.15, -0.1) is 0 Å². The largest absolute Gasteiger partial charge is 0.506 e. The Morgan fingerprint density at radius 1 is 1.46 bits per heavy atom. The second-order valence-corrected chi connectivity index (χ2v) is 7.57. The normalized spacial score (nSPS) is 16.2. The van der Waals surface area contributed by atoms with E-state index in [-0.39, 0.29) is 6.54 Å². The van der Waals surface area contributed by atoms with Gasteiger partial charge in [0.05, 0.1) is 5.69 Å². The predicted octanol–water partition coefficient (Wildman–Crippen LogP) is 1.09. The number of aromatic nitrogens is 1. The Morgan fingerprint density at radius 3 is 2.75 bits per heavy atom. The van der Waals surface area contributed by atoms with Crippen molar-refractivity contribution in [1.29, 1.82) is 0 Å². The number of halogens is 1. The number of benzene rings is 1. The molecule has 0 radical (unpaired) electrons. The number of phenols is 1. The fraction of sp³-hybridized carbons (Fsp3) is 0.231. The number of hydrogen-bond donors (Lipinski definition) is 3. The highest BCUT2D eigenvalue weighted by Crippen LogP contribution is 2.34. The van der Waals surface area contributed by atoms with Crippen molar-refractivity contribution in [3.05, 3.63) is 35.3 Å². The SMILES string of the molecule is Cc1cc(NCc2cc(O)c(N3CC(=O)NS3(=O)=O)c(F)c2)sn1. The molecule has 1 aromatic heterocycles.